The Morgan fingerprint density at radius 3 is 2.30 bits per heavy atom. The first-order valence-corrected chi connectivity index (χ1v) is 13.0. The molecular weight excluding hydrogens is 471 g/mol. The molecule has 8 nitrogen and oxygen atoms in total. The van der Waals surface area contributed by atoms with E-state index >= 15 is 0 Å². The van der Waals surface area contributed by atoms with Gasteiger partial charge in [-0.3, -0.25) is 4.79 Å². The van der Waals surface area contributed by atoms with Gasteiger partial charge in [0.25, 0.3) is 15.9 Å². The molecule has 1 heterocycles. The number of methoxy groups -OCH3 is 1. The highest BCUT2D eigenvalue weighted by molar-refractivity contribution is 7.93. The van der Waals surface area contributed by atoms with Crippen LogP contribution in [0, 0.1) is 12.7 Å². The molecule has 3 rings (SSSR count). The number of anilines is 1. The van der Waals surface area contributed by atoms with Crippen LogP contribution >= 0.6 is 0 Å². The third kappa shape index (κ3) is 4.93. The van der Waals surface area contributed by atoms with Crippen LogP contribution in [0.4, 0.5) is 10.1 Å². The maximum Gasteiger partial charge on any atom is 0.273 e. The Labute approximate surface area is 192 Å². The largest absolute Gasteiger partial charge is 0.494 e. The van der Waals surface area contributed by atoms with Gasteiger partial charge in [-0.2, -0.15) is 0 Å². The molecular formula is C22H23FN2O6S2. The predicted molar refractivity (Wildman–Crippen MR) is 122 cm³/mol. The van der Waals surface area contributed by atoms with E-state index in [-0.39, 0.29) is 34.1 Å². The zero-order chi connectivity index (χ0) is 24.4. The number of ether oxygens (including phenoxy) is 1. The molecule has 11 heteroatoms. The van der Waals surface area contributed by atoms with Crippen LogP contribution in [0.5, 0.6) is 5.75 Å². The first-order chi connectivity index (χ1) is 15.5. The summed E-state index contributed by atoms with van der Waals surface area (Å²) in [7, 11) is -6.92. The fraction of sp³-hybridized carbons (Fsp3) is 0.227. The van der Waals surface area contributed by atoms with Gasteiger partial charge in [0.1, 0.15) is 0 Å². The minimum atomic E-state index is -4.17. The number of nitrogens with zero attached hydrogens (tertiary/aromatic N) is 2. The number of carbonyl (C=O) groups is 1. The van der Waals surface area contributed by atoms with Crippen molar-refractivity contribution in [2.24, 2.45) is 0 Å². The Morgan fingerprint density at radius 1 is 1.06 bits per heavy atom. The number of amides is 1. The molecule has 0 atom stereocenters. The summed E-state index contributed by atoms with van der Waals surface area (Å²) in [6.07, 6.45) is 2.40. The lowest BCUT2D eigenvalue weighted by Gasteiger charge is -2.22. The molecule has 0 aliphatic rings. The third-order valence-corrected chi connectivity index (χ3v) is 8.31. The third-order valence-electron chi connectivity index (χ3n) is 4.81. The van der Waals surface area contributed by atoms with Crippen molar-refractivity contribution < 1.29 is 30.8 Å². The second-order valence-corrected chi connectivity index (χ2v) is 11.0. The van der Waals surface area contributed by atoms with E-state index in [0.717, 1.165) is 28.0 Å². The van der Waals surface area contributed by atoms with E-state index in [0.29, 0.717) is 4.31 Å². The molecule has 0 aliphatic carbocycles. The molecule has 0 saturated heterocycles. The van der Waals surface area contributed by atoms with Crippen LogP contribution in [0.15, 0.2) is 65.8 Å². The fourth-order valence-corrected chi connectivity index (χ4v) is 5.83. The van der Waals surface area contributed by atoms with Crippen LogP contribution < -0.4 is 9.04 Å². The molecule has 2 aromatic carbocycles. The number of rotatable bonds is 8. The highest BCUT2D eigenvalue weighted by atomic mass is 32.2. The summed E-state index contributed by atoms with van der Waals surface area (Å²) in [5.74, 6) is -2.34. The van der Waals surface area contributed by atoms with Crippen molar-refractivity contribution in [3.05, 3.63) is 77.9 Å². The number of halogens is 1. The molecule has 0 spiro atoms. The molecule has 0 aliphatic heterocycles. The van der Waals surface area contributed by atoms with E-state index in [2.05, 4.69) is 0 Å². The van der Waals surface area contributed by atoms with Crippen LogP contribution in [-0.2, 0) is 20.0 Å². The van der Waals surface area contributed by atoms with Gasteiger partial charge in [0.05, 0.1) is 29.0 Å². The standard InChI is InChI=1S/C22H23FN2O6S2/c1-4-13-32(27,28)25(18-7-10-21(31-3)20(23)14-18)22(26)17-11-12-24(15-17)33(29,30)19-8-5-16(2)6-9-19/h5-12,14-15H,4,13H2,1-3H3. The number of hydrogen-bond acceptors (Lipinski definition) is 6. The maximum absolute atomic E-state index is 14.3. The number of aromatic nitrogens is 1. The topological polar surface area (TPSA) is 103 Å². The monoisotopic (exact) mass is 494 g/mol. The molecule has 3 aromatic rings. The molecule has 33 heavy (non-hydrogen) atoms. The number of aryl methyl sites for hydroxylation is 1. The SMILES string of the molecule is CCCS(=O)(=O)N(C(=O)c1ccn(S(=O)(=O)c2ccc(C)cc2)c1)c1ccc(OC)c(F)c1. The van der Waals surface area contributed by atoms with E-state index in [1.54, 1.807) is 19.1 Å². The van der Waals surface area contributed by atoms with Crippen molar-refractivity contribution in [1.82, 2.24) is 3.97 Å². The Kier molecular flexibility index (Phi) is 6.94. The smallest absolute Gasteiger partial charge is 0.273 e. The Balaban J connectivity index is 2.05. The lowest BCUT2D eigenvalue weighted by Crippen LogP contribution is -2.38. The first kappa shape index (κ1) is 24.5. The predicted octanol–water partition coefficient (Wildman–Crippen LogP) is 3.57. The van der Waals surface area contributed by atoms with Crippen molar-refractivity contribution in [1.29, 1.82) is 0 Å². The van der Waals surface area contributed by atoms with E-state index in [1.165, 1.54) is 37.4 Å². The van der Waals surface area contributed by atoms with Gasteiger partial charge in [-0.15, -0.1) is 0 Å². The van der Waals surface area contributed by atoms with Crippen molar-refractivity contribution >= 4 is 31.6 Å². The van der Waals surface area contributed by atoms with Gasteiger partial charge in [-0.05, 0) is 43.7 Å². The number of carbonyl (C=O) groups excluding carboxylic acids is 1. The molecule has 0 bridgehead atoms. The van der Waals surface area contributed by atoms with Crippen molar-refractivity contribution in [2.45, 2.75) is 25.2 Å². The highest BCUT2D eigenvalue weighted by Crippen LogP contribution is 2.28. The van der Waals surface area contributed by atoms with E-state index in [9.17, 15) is 26.0 Å². The Hall–Kier alpha value is -3.18. The summed E-state index contributed by atoms with van der Waals surface area (Å²) >= 11 is 0. The van der Waals surface area contributed by atoms with Gasteiger partial charge in [0.15, 0.2) is 11.6 Å². The van der Waals surface area contributed by atoms with E-state index in [4.69, 9.17) is 4.74 Å². The van der Waals surface area contributed by atoms with Gasteiger partial charge in [-0.25, -0.2) is 29.5 Å². The zero-order valence-electron chi connectivity index (χ0n) is 18.2. The quantitative estimate of drug-likeness (QED) is 0.474. The molecule has 0 N–H and O–H groups in total. The summed E-state index contributed by atoms with van der Waals surface area (Å²) in [4.78, 5) is 13.2. The van der Waals surface area contributed by atoms with Crippen molar-refractivity contribution in [3.63, 3.8) is 0 Å². The highest BCUT2D eigenvalue weighted by Gasteiger charge is 2.31. The van der Waals surface area contributed by atoms with Crippen LogP contribution in [0.25, 0.3) is 0 Å². The molecule has 1 aromatic heterocycles. The molecule has 0 unspecified atom stereocenters. The van der Waals surface area contributed by atoms with Gasteiger partial charge in [-0.1, -0.05) is 24.6 Å². The minimum Gasteiger partial charge on any atom is -0.494 e. The van der Waals surface area contributed by atoms with Crippen LogP contribution in [-0.4, -0.2) is 39.6 Å². The summed E-state index contributed by atoms with van der Waals surface area (Å²) in [6, 6.07) is 10.7. The summed E-state index contributed by atoms with van der Waals surface area (Å²) in [5, 5.41) is 0. The zero-order valence-corrected chi connectivity index (χ0v) is 19.9. The fourth-order valence-electron chi connectivity index (χ4n) is 3.14. The lowest BCUT2D eigenvalue weighted by molar-refractivity contribution is 0.101. The molecule has 0 radical (unpaired) electrons. The van der Waals surface area contributed by atoms with Gasteiger partial charge >= 0.3 is 0 Å². The second-order valence-electron chi connectivity index (χ2n) is 7.25. The Morgan fingerprint density at radius 2 is 1.73 bits per heavy atom. The first-order valence-electron chi connectivity index (χ1n) is 9.92. The number of sulfonamides is 1. The van der Waals surface area contributed by atoms with Crippen LogP contribution in [0.3, 0.4) is 0 Å². The number of benzene rings is 2. The lowest BCUT2D eigenvalue weighted by atomic mass is 10.2. The van der Waals surface area contributed by atoms with Gasteiger partial charge < -0.3 is 4.74 Å². The average Bonchev–Trinajstić information content (AvgIpc) is 3.25. The van der Waals surface area contributed by atoms with Crippen molar-refractivity contribution in [2.75, 3.05) is 17.2 Å². The average molecular weight is 495 g/mol. The molecule has 176 valence electrons. The van der Waals surface area contributed by atoms with Crippen LogP contribution in [0.1, 0.15) is 29.3 Å². The summed E-state index contributed by atoms with van der Waals surface area (Å²) in [5.41, 5.74) is 0.461. The normalized spacial score (nSPS) is 11.9. The maximum atomic E-state index is 14.3. The van der Waals surface area contributed by atoms with Gasteiger partial charge in [0, 0.05) is 18.5 Å². The Bertz CT molecular complexity index is 1380. The molecule has 0 fully saturated rings. The van der Waals surface area contributed by atoms with E-state index < -0.39 is 31.8 Å². The second kappa shape index (κ2) is 9.36. The number of hydrogen-bond donors (Lipinski definition) is 0. The summed E-state index contributed by atoms with van der Waals surface area (Å²) < 4.78 is 72.0. The molecule has 1 amide bonds. The van der Waals surface area contributed by atoms with Gasteiger partial charge in [0.2, 0.25) is 10.0 Å². The van der Waals surface area contributed by atoms with Crippen molar-refractivity contribution in [3.8, 4) is 5.75 Å². The van der Waals surface area contributed by atoms with E-state index in [1.807, 2.05) is 6.92 Å². The van der Waals surface area contributed by atoms with Crippen LogP contribution in [0.2, 0.25) is 0 Å². The molecule has 0 saturated carbocycles. The minimum absolute atomic E-state index is 0.00962. The summed E-state index contributed by atoms with van der Waals surface area (Å²) in [6.45, 7) is 3.44.